The Morgan fingerprint density at radius 2 is 1.59 bits per heavy atom. The smallest absolute Gasteiger partial charge is 0.337 e. The van der Waals surface area contributed by atoms with Crippen molar-refractivity contribution in [2.75, 3.05) is 31.5 Å². The second kappa shape index (κ2) is 10.9. The first kappa shape index (κ1) is 26.2. The summed E-state index contributed by atoms with van der Waals surface area (Å²) in [5, 5.41) is 5.19. The summed E-state index contributed by atoms with van der Waals surface area (Å²) in [4.78, 5) is 14.7. The predicted octanol–water partition coefficient (Wildman–Crippen LogP) is 6.77. The van der Waals surface area contributed by atoms with Gasteiger partial charge in [0.15, 0.2) is 0 Å². The highest BCUT2D eigenvalue weighted by Gasteiger charge is 2.37. The summed E-state index contributed by atoms with van der Waals surface area (Å²) in [6.45, 7) is 2.91. The molecule has 2 amide bonds. The van der Waals surface area contributed by atoms with E-state index in [9.17, 15) is 31.1 Å². The zero-order valence-electron chi connectivity index (χ0n) is 18.1. The molecule has 3 rings (SSSR count). The molecule has 0 radical (unpaired) electrons. The number of carbonyl (C=O) groups is 1. The molecule has 1 aliphatic heterocycles. The molecule has 186 valence electrons. The zero-order chi connectivity index (χ0) is 24.9. The van der Waals surface area contributed by atoms with Crippen molar-refractivity contribution in [2.24, 2.45) is 0 Å². The van der Waals surface area contributed by atoms with E-state index < -0.39 is 35.2 Å². The zero-order valence-corrected chi connectivity index (χ0v) is 18.8. The minimum Gasteiger partial charge on any atom is -0.337 e. The maximum atomic E-state index is 13.1. The number of hydrogen-bond acceptors (Lipinski definition) is 2. The van der Waals surface area contributed by atoms with E-state index in [0.717, 1.165) is 38.0 Å². The van der Waals surface area contributed by atoms with Crippen molar-refractivity contribution in [3.63, 3.8) is 0 Å². The number of rotatable bonds is 7. The fourth-order valence-corrected chi connectivity index (χ4v) is 4.11. The first-order valence-electron chi connectivity index (χ1n) is 10.7. The Bertz CT molecular complexity index is 957. The van der Waals surface area contributed by atoms with Crippen LogP contribution in [0.25, 0.3) is 0 Å². The molecular formula is C23H24ClF6N3O. The molecule has 1 unspecified atom stereocenters. The second-order valence-corrected chi connectivity index (χ2v) is 8.66. The lowest BCUT2D eigenvalue weighted by Crippen LogP contribution is -2.34. The monoisotopic (exact) mass is 507 g/mol. The Morgan fingerprint density at radius 1 is 0.971 bits per heavy atom. The van der Waals surface area contributed by atoms with Crippen molar-refractivity contribution in [3.05, 3.63) is 64.2 Å². The molecule has 1 saturated heterocycles. The molecule has 34 heavy (non-hydrogen) atoms. The van der Waals surface area contributed by atoms with Gasteiger partial charge in [-0.25, -0.2) is 4.79 Å². The maximum Gasteiger partial charge on any atom is 0.416 e. The Kier molecular flexibility index (Phi) is 8.35. The van der Waals surface area contributed by atoms with Crippen LogP contribution in [0.4, 0.5) is 36.8 Å². The molecule has 1 atom stereocenters. The lowest BCUT2D eigenvalue weighted by molar-refractivity contribution is -0.143. The van der Waals surface area contributed by atoms with Gasteiger partial charge in [-0.05, 0) is 74.8 Å². The normalized spacial score (nSPS) is 15.9. The predicted molar refractivity (Wildman–Crippen MR) is 118 cm³/mol. The van der Waals surface area contributed by atoms with Gasteiger partial charge in [0, 0.05) is 23.2 Å². The van der Waals surface area contributed by atoms with Crippen LogP contribution in [0.3, 0.4) is 0 Å². The van der Waals surface area contributed by atoms with Crippen LogP contribution in [-0.2, 0) is 12.4 Å². The third kappa shape index (κ3) is 7.53. The molecule has 2 aromatic carbocycles. The van der Waals surface area contributed by atoms with Gasteiger partial charge in [-0.3, -0.25) is 0 Å². The van der Waals surface area contributed by atoms with Gasteiger partial charge in [0.25, 0.3) is 0 Å². The van der Waals surface area contributed by atoms with Gasteiger partial charge < -0.3 is 15.5 Å². The highest BCUT2D eigenvalue weighted by molar-refractivity contribution is 6.30. The van der Waals surface area contributed by atoms with Crippen molar-refractivity contribution < 1.29 is 31.1 Å². The quantitative estimate of drug-likeness (QED) is 0.406. The largest absolute Gasteiger partial charge is 0.416 e. The average Bonchev–Trinajstić information content (AvgIpc) is 3.26. The number of amides is 2. The molecule has 1 heterocycles. The molecular weight excluding hydrogens is 484 g/mol. The molecule has 11 heteroatoms. The standard InChI is InChI=1S/C23H24ClF6N3O/c24-19-5-3-4-15(10-19)16(6-9-33-7-1-2-8-33)14-31-21(34)32-20-12-17(22(25,26)27)11-18(13-20)23(28,29)30/h3-5,10-13,16H,1-2,6-9,14H2,(H2,31,32,34). The first-order chi connectivity index (χ1) is 15.9. The SMILES string of the molecule is O=C(NCC(CCN1CCCC1)c1cccc(Cl)c1)Nc1cc(C(F)(F)F)cc(C(F)(F)F)c1. The van der Waals surface area contributed by atoms with Crippen molar-refractivity contribution in [2.45, 2.75) is 37.5 Å². The molecule has 2 aromatic rings. The number of carbonyl (C=O) groups excluding carboxylic acids is 1. The summed E-state index contributed by atoms with van der Waals surface area (Å²) >= 11 is 6.10. The number of likely N-dealkylation sites (tertiary alicyclic amines) is 1. The minimum absolute atomic E-state index is 0.0105. The van der Waals surface area contributed by atoms with E-state index in [1.165, 1.54) is 0 Å². The van der Waals surface area contributed by atoms with Crippen LogP contribution in [0.15, 0.2) is 42.5 Å². The third-order valence-corrected chi connectivity index (χ3v) is 5.90. The summed E-state index contributed by atoms with van der Waals surface area (Å²) in [5.41, 5.74) is -2.72. The van der Waals surface area contributed by atoms with Crippen LogP contribution in [0, 0.1) is 0 Å². The van der Waals surface area contributed by atoms with Gasteiger partial charge >= 0.3 is 18.4 Å². The fourth-order valence-electron chi connectivity index (χ4n) is 3.91. The van der Waals surface area contributed by atoms with Crippen molar-refractivity contribution in [1.29, 1.82) is 0 Å². The number of benzene rings is 2. The lowest BCUT2D eigenvalue weighted by Gasteiger charge is -2.22. The summed E-state index contributed by atoms with van der Waals surface area (Å²) in [6.07, 6.45) is -7.05. The molecule has 4 nitrogen and oxygen atoms in total. The van der Waals surface area contributed by atoms with Crippen LogP contribution < -0.4 is 10.6 Å². The number of hydrogen-bond donors (Lipinski definition) is 2. The fraction of sp³-hybridized carbons (Fsp3) is 0.435. The Hall–Kier alpha value is -2.46. The molecule has 1 fully saturated rings. The molecule has 0 bridgehead atoms. The van der Waals surface area contributed by atoms with E-state index in [0.29, 0.717) is 23.6 Å². The number of nitrogens with zero attached hydrogens (tertiary/aromatic N) is 1. The van der Waals surface area contributed by atoms with E-state index in [4.69, 9.17) is 11.6 Å². The summed E-state index contributed by atoms with van der Waals surface area (Å²) in [5.74, 6) is -0.141. The molecule has 1 aliphatic rings. The van der Waals surface area contributed by atoms with E-state index in [2.05, 4.69) is 15.5 Å². The van der Waals surface area contributed by atoms with Gasteiger partial charge in [0.05, 0.1) is 11.1 Å². The Labute approximate surface area is 198 Å². The third-order valence-electron chi connectivity index (χ3n) is 5.67. The topological polar surface area (TPSA) is 44.4 Å². The number of nitrogens with one attached hydrogen (secondary N) is 2. The lowest BCUT2D eigenvalue weighted by atomic mass is 9.95. The van der Waals surface area contributed by atoms with Crippen LogP contribution in [0.1, 0.15) is 41.9 Å². The Balaban J connectivity index is 1.70. The number of anilines is 1. The number of alkyl halides is 6. The molecule has 2 N–H and O–H groups in total. The van der Waals surface area contributed by atoms with Crippen LogP contribution in [0.5, 0.6) is 0 Å². The van der Waals surface area contributed by atoms with Crippen LogP contribution >= 0.6 is 11.6 Å². The second-order valence-electron chi connectivity index (χ2n) is 8.22. The van der Waals surface area contributed by atoms with Gasteiger partial charge in [0.2, 0.25) is 0 Å². The van der Waals surface area contributed by atoms with Gasteiger partial charge in [-0.2, -0.15) is 26.3 Å². The van der Waals surface area contributed by atoms with E-state index in [-0.39, 0.29) is 18.5 Å². The van der Waals surface area contributed by atoms with Crippen LogP contribution in [0.2, 0.25) is 5.02 Å². The molecule has 0 saturated carbocycles. The van der Waals surface area contributed by atoms with Gasteiger partial charge in [-0.15, -0.1) is 0 Å². The van der Waals surface area contributed by atoms with Crippen molar-refractivity contribution in [3.8, 4) is 0 Å². The molecule has 0 aromatic heterocycles. The summed E-state index contributed by atoms with van der Waals surface area (Å²) in [6, 6.07) is 7.18. The number of urea groups is 1. The molecule has 0 aliphatic carbocycles. The Morgan fingerprint density at radius 3 is 2.15 bits per heavy atom. The molecule has 0 spiro atoms. The average molecular weight is 508 g/mol. The van der Waals surface area contributed by atoms with Gasteiger partial charge in [0.1, 0.15) is 0 Å². The minimum atomic E-state index is -5.00. The summed E-state index contributed by atoms with van der Waals surface area (Å²) < 4.78 is 78.3. The van der Waals surface area contributed by atoms with E-state index in [1.807, 2.05) is 6.07 Å². The highest BCUT2D eigenvalue weighted by atomic mass is 35.5. The van der Waals surface area contributed by atoms with E-state index >= 15 is 0 Å². The van der Waals surface area contributed by atoms with Gasteiger partial charge in [-0.1, -0.05) is 23.7 Å². The van der Waals surface area contributed by atoms with Crippen LogP contribution in [-0.4, -0.2) is 37.1 Å². The number of halogens is 7. The van der Waals surface area contributed by atoms with Crippen molar-refractivity contribution in [1.82, 2.24) is 10.2 Å². The van der Waals surface area contributed by atoms with Crippen molar-refractivity contribution >= 4 is 23.3 Å². The maximum absolute atomic E-state index is 13.1. The first-order valence-corrected chi connectivity index (χ1v) is 11.1. The highest BCUT2D eigenvalue weighted by Crippen LogP contribution is 2.37. The van der Waals surface area contributed by atoms with E-state index in [1.54, 1.807) is 18.2 Å². The summed E-state index contributed by atoms with van der Waals surface area (Å²) in [7, 11) is 0.